The third-order valence-electron chi connectivity index (χ3n) is 4.44. The maximum Gasteiger partial charge on any atom is 0.309 e. The Kier molecular flexibility index (Phi) is 9.91. The summed E-state index contributed by atoms with van der Waals surface area (Å²) in [7, 11) is 0. The summed E-state index contributed by atoms with van der Waals surface area (Å²) in [5.41, 5.74) is -1.09. The van der Waals surface area contributed by atoms with Crippen molar-refractivity contribution < 1.29 is 15.0 Å². The van der Waals surface area contributed by atoms with Gasteiger partial charge in [0.2, 0.25) is 0 Å². The van der Waals surface area contributed by atoms with Gasteiger partial charge in [-0.25, -0.2) is 0 Å². The fourth-order valence-electron chi connectivity index (χ4n) is 2.95. The van der Waals surface area contributed by atoms with E-state index in [-0.39, 0.29) is 5.92 Å². The third-order valence-corrected chi connectivity index (χ3v) is 4.44. The summed E-state index contributed by atoms with van der Waals surface area (Å²) in [4.78, 5) is 11.4. The van der Waals surface area contributed by atoms with Crippen molar-refractivity contribution in [3.8, 4) is 0 Å². The molecule has 0 amide bonds. The lowest BCUT2D eigenvalue weighted by molar-refractivity contribution is -0.155. The Labute approximate surface area is 124 Å². The number of hydrogen-bond donors (Lipinski definition) is 2. The smallest absolute Gasteiger partial charge is 0.309 e. The van der Waals surface area contributed by atoms with E-state index in [4.69, 9.17) is 0 Å². The van der Waals surface area contributed by atoms with Crippen LogP contribution in [0, 0.1) is 11.8 Å². The van der Waals surface area contributed by atoms with Gasteiger partial charge in [0.25, 0.3) is 0 Å². The van der Waals surface area contributed by atoms with E-state index in [1.54, 1.807) is 6.92 Å². The summed E-state index contributed by atoms with van der Waals surface area (Å²) < 4.78 is 0. The molecule has 0 rings (SSSR count). The minimum atomic E-state index is -1.09. The second kappa shape index (κ2) is 10.2. The Morgan fingerprint density at radius 3 is 2.00 bits per heavy atom. The molecule has 120 valence electrons. The van der Waals surface area contributed by atoms with Gasteiger partial charge in [-0.05, 0) is 19.3 Å². The molecule has 0 aliphatic rings. The number of hydrogen-bond acceptors (Lipinski definition) is 2. The summed E-state index contributed by atoms with van der Waals surface area (Å²) in [6, 6.07) is 0. The molecular formula is C17H34O3. The van der Waals surface area contributed by atoms with Gasteiger partial charge in [-0.2, -0.15) is 0 Å². The van der Waals surface area contributed by atoms with Gasteiger partial charge in [0.15, 0.2) is 0 Å². The second-order valence-electron chi connectivity index (χ2n) is 6.43. The molecule has 3 nitrogen and oxygen atoms in total. The summed E-state index contributed by atoms with van der Waals surface area (Å²) >= 11 is 0. The second-order valence-corrected chi connectivity index (χ2v) is 6.43. The topological polar surface area (TPSA) is 57.5 Å². The van der Waals surface area contributed by atoms with Crippen LogP contribution in [0.3, 0.4) is 0 Å². The van der Waals surface area contributed by atoms with E-state index in [0.29, 0.717) is 6.42 Å². The highest BCUT2D eigenvalue weighted by atomic mass is 16.4. The van der Waals surface area contributed by atoms with E-state index >= 15 is 0 Å². The van der Waals surface area contributed by atoms with Gasteiger partial charge in [-0.3, -0.25) is 4.79 Å². The van der Waals surface area contributed by atoms with E-state index in [1.165, 1.54) is 32.1 Å². The van der Waals surface area contributed by atoms with Crippen molar-refractivity contribution in [2.75, 3.05) is 0 Å². The molecule has 0 aliphatic heterocycles. The molecule has 0 heterocycles. The number of carboxylic acids is 1. The van der Waals surface area contributed by atoms with Gasteiger partial charge in [0, 0.05) is 0 Å². The van der Waals surface area contributed by atoms with Gasteiger partial charge in [0.05, 0.1) is 11.5 Å². The van der Waals surface area contributed by atoms with Crippen molar-refractivity contribution >= 4 is 5.97 Å². The molecule has 0 bridgehead atoms. The molecule has 0 aliphatic carbocycles. The van der Waals surface area contributed by atoms with Crippen molar-refractivity contribution in [2.24, 2.45) is 11.8 Å². The molecular weight excluding hydrogens is 252 g/mol. The van der Waals surface area contributed by atoms with Crippen LogP contribution in [0.5, 0.6) is 0 Å². The zero-order valence-corrected chi connectivity index (χ0v) is 13.8. The minimum Gasteiger partial charge on any atom is -0.481 e. The average Bonchev–Trinajstić information content (AvgIpc) is 2.36. The van der Waals surface area contributed by atoms with Crippen LogP contribution in [0.15, 0.2) is 0 Å². The zero-order chi connectivity index (χ0) is 15.6. The lowest BCUT2D eigenvalue weighted by Crippen LogP contribution is -2.43. The van der Waals surface area contributed by atoms with Crippen molar-refractivity contribution in [3.63, 3.8) is 0 Å². The minimum absolute atomic E-state index is 0.00653. The lowest BCUT2D eigenvalue weighted by Gasteiger charge is -2.33. The quantitative estimate of drug-likeness (QED) is 0.514. The van der Waals surface area contributed by atoms with Gasteiger partial charge in [-0.1, -0.05) is 72.1 Å². The first kappa shape index (κ1) is 19.4. The Hall–Kier alpha value is -0.570. The molecule has 3 unspecified atom stereocenters. The van der Waals surface area contributed by atoms with Crippen LogP contribution in [0.1, 0.15) is 85.5 Å². The largest absolute Gasteiger partial charge is 0.481 e. The number of carboxylic acid groups (broad SMARTS) is 1. The zero-order valence-electron chi connectivity index (χ0n) is 13.8. The highest BCUT2D eigenvalue weighted by Crippen LogP contribution is 2.32. The van der Waals surface area contributed by atoms with Crippen LogP contribution in [0.4, 0.5) is 0 Å². The fraction of sp³-hybridized carbons (Fsp3) is 0.941. The van der Waals surface area contributed by atoms with Gasteiger partial charge >= 0.3 is 5.97 Å². The molecule has 2 N–H and O–H groups in total. The highest BCUT2D eigenvalue weighted by Gasteiger charge is 2.39. The Morgan fingerprint density at radius 2 is 1.55 bits per heavy atom. The van der Waals surface area contributed by atoms with Crippen LogP contribution < -0.4 is 0 Å². The molecule has 0 aromatic carbocycles. The first-order valence-corrected chi connectivity index (χ1v) is 8.32. The Morgan fingerprint density at radius 1 is 1.05 bits per heavy atom. The highest BCUT2D eigenvalue weighted by molar-refractivity contribution is 5.71. The van der Waals surface area contributed by atoms with Gasteiger partial charge in [0.1, 0.15) is 0 Å². The molecule has 0 saturated carbocycles. The standard InChI is InChI=1S/C17H34O3/c1-5-7-8-9-10-11-12-13-17(4,20)15(16(18)19)14(3)6-2/h14-15,20H,5-13H2,1-4H3,(H,18,19). The normalized spacial score (nSPS) is 17.4. The fourth-order valence-corrected chi connectivity index (χ4v) is 2.95. The summed E-state index contributed by atoms with van der Waals surface area (Å²) in [5, 5.41) is 19.9. The lowest BCUT2D eigenvalue weighted by atomic mass is 9.76. The number of aliphatic hydroxyl groups is 1. The van der Waals surface area contributed by atoms with E-state index < -0.39 is 17.5 Å². The number of carbonyl (C=O) groups is 1. The molecule has 0 spiro atoms. The summed E-state index contributed by atoms with van der Waals surface area (Å²) in [6.07, 6.45) is 9.66. The number of aliphatic carboxylic acids is 1. The van der Waals surface area contributed by atoms with E-state index in [2.05, 4.69) is 6.92 Å². The third kappa shape index (κ3) is 7.28. The van der Waals surface area contributed by atoms with Crippen molar-refractivity contribution in [3.05, 3.63) is 0 Å². The molecule has 0 aromatic rings. The molecule has 0 fully saturated rings. The SMILES string of the molecule is CCCCCCCCCC(C)(O)C(C(=O)O)C(C)CC. The van der Waals surface area contributed by atoms with Crippen LogP contribution in [0.25, 0.3) is 0 Å². The van der Waals surface area contributed by atoms with Crippen LogP contribution in [-0.2, 0) is 4.79 Å². The van der Waals surface area contributed by atoms with Crippen LogP contribution in [0.2, 0.25) is 0 Å². The molecule has 0 radical (unpaired) electrons. The maximum absolute atomic E-state index is 11.4. The molecule has 0 aromatic heterocycles. The molecule has 20 heavy (non-hydrogen) atoms. The van der Waals surface area contributed by atoms with Crippen molar-refractivity contribution in [1.82, 2.24) is 0 Å². The number of unbranched alkanes of at least 4 members (excludes halogenated alkanes) is 6. The first-order chi connectivity index (χ1) is 9.36. The summed E-state index contributed by atoms with van der Waals surface area (Å²) in [5.74, 6) is -1.52. The molecule has 3 atom stereocenters. The Balaban J connectivity index is 4.11. The molecule has 3 heteroatoms. The van der Waals surface area contributed by atoms with Crippen molar-refractivity contribution in [2.45, 2.75) is 91.1 Å². The van der Waals surface area contributed by atoms with Gasteiger partial charge in [-0.15, -0.1) is 0 Å². The van der Waals surface area contributed by atoms with E-state index in [0.717, 1.165) is 19.3 Å². The van der Waals surface area contributed by atoms with Gasteiger partial charge < -0.3 is 10.2 Å². The van der Waals surface area contributed by atoms with Crippen LogP contribution in [-0.4, -0.2) is 21.8 Å². The van der Waals surface area contributed by atoms with E-state index in [9.17, 15) is 15.0 Å². The first-order valence-electron chi connectivity index (χ1n) is 8.32. The average molecular weight is 286 g/mol. The maximum atomic E-state index is 11.4. The predicted molar refractivity (Wildman–Crippen MR) is 83.8 cm³/mol. The predicted octanol–water partition coefficient (Wildman–Crippen LogP) is 4.63. The summed E-state index contributed by atoms with van der Waals surface area (Å²) in [6.45, 7) is 7.79. The monoisotopic (exact) mass is 286 g/mol. The Bertz CT molecular complexity index is 261. The van der Waals surface area contributed by atoms with E-state index in [1.807, 2.05) is 13.8 Å². The van der Waals surface area contributed by atoms with Crippen molar-refractivity contribution in [1.29, 1.82) is 0 Å². The van der Waals surface area contributed by atoms with Crippen LogP contribution >= 0.6 is 0 Å². The number of rotatable bonds is 12. The molecule has 0 saturated heterocycles.